The summed E-state index contributed by atoms with van der Waals surface area (Å²) in [5, 5.41) is 13.2. The lowest BCUT2D eigenvalue weighted by Crippen LogP contribution is -2.26. The summed E-state index contributed by atoms with van der Waals surface area (Å²) in [5.41, 5.74) is 3.57. The number of carbonyl (C=O) groups excluding carboxylic acids is 2. The smallest absolute Gasteiger partial charge is 0.252 e. The number of aromatic nitrogens is 3. The van der Waals surface area contributed by atoms with E-state index in [0.29, 0.717) is 29.7 Å². The molecular formula is C18H19N5O2. The maximum Gasteiger partial charge on any atom is 0.252 e. The van der Waals surface area contributed by atoms with Gasteiger partial charge in [-0.15, -0.1) is 0 Å². The van der Waals surface area contributed by atoms with Crippen LogP contribution in [-0.2, 0) is 6.42 Å². The lowest BCUT2D eigenvalue weighted by molar-refractivity contribution is 0.0948. The number of benzene rings is 1. The molecule has 7 nitrogen and oxygen atoms in total. The second kappa shape index (κ2) is 7.12. The first-order chi connectivity index (χ1) is 12.1. The molecule has 0 fully saturated rings. The van der Waals surface area contributed by atoms with E-state index in [4.69, 9.17) is 0 Å². The average Bonchev–Trinajstić information content (AvgIpc) is 3.01. The van der Waals surface area contributed by atoms with E-state index in [1.54, 1.807) is 19.2 Å². The van der Waals surface area contributed by atoms with Gasteiger partial charge in [-0.05, 0) is 37.1 Å². The maximum atomic E-state index is 12.3. The third-order valence-corrected chi connectivity index (χ3v) is 3.98. The van der Waals surface area contributed by atoms with Crippen LogP contribution in [0.1, 0.15) is 32.0 Å². The van der Waals surface area contributed by atoms with Crippen LogP contribution in [0, 0.1) is 6.92 Å². The van der Waals surface area contributed by atoms with E-state index in [9.17, 15) is 9.59 Å². The highest BCUT2D eigenvalue weighted by Crippen LogP contribution is 2.14. The number of hydrogen-bond donors (Lipinski definition) is 3. The molecular weight excluding hydrogens is 318 g/mol. The van der Waals surface area contributed by atoms with Gasteiger partial charge in [0.05, 0.1) is 5.56 Å². The molecule has 2 heterocycles. The van der Waals surface area contributed by atoms with Crippen molar-refractivity contribution in [2.24, 2.45) is 0 Å². The van der Waals surface area contributed by atoms with Crippen molar-refractivity contribution >= 4 is 22.8 Å². The first kappa shape index (κ1) is 16.6. The van der Waals surface area contributed by atoms with Gasteiger partial charge in [-0.3, -0.25) is 14.7 Å². The highest BCUT2D eigenvalue weighted by molar-refractivity contribution is 5.97. The zero-order valence-corrected chi connectivity index (χ0v) is 14.1. The molecule has 3 aromatic rings. The first-order valence-electron chi connectivity index (χ1n) is 7.98. The average molecular weight is 337 g/mol. The molecule has 2 amide bonds. The number of nitrogens with zero attached hydrogens (tertiary/aromatic N) is 2. The molecule has 0 radical (unpaired) electrons. The van der Waals surface area contributed by atoms with Crippen LogP contribution in [0.4, 0.5) is 0 Å². The van der Waals surface area contributed by atoms with Gasteiger partial charge in [0.2, 0.25) is 0 Å². The van der Waals surface area contributed by atoms with Gasteiger partial charge >= 0.3 is 0 Å². The van der Waals surface area contributed by atoms with Gasteiger partial charge in [-0.1, -0.05) is 12.1 Å². The van der Waals surface area contributed by atoms with Crippen LogP contribution in [-0.4, -0.2) is 40.6 Å². The molecule has 0 saturated heterocycles. The molecule has 0 spiro atoms. The zero-order valence-electron chi connectivity index (χ0n) is 14.1. The van der Waals surface area contributed by atoms with Crippen molar-refractivity contribution in [3.63, 3.8) is 0 Å². The van der Waals surface area contributed by atoms with Crippen LogP contribution in [0.15, 0.2) is 36.5 Å². The first-order valence-corrected chi connectivity index (χ1v) is 7.98. The van der Waals surface area contributed by atoms with E-state index in [2.05, 4.69) is 25.8 Å². The van der Waals surface area contributed by atoms with Gasteiger partial charge in [0.25, 0.3) is 11.8 Å². The minimum atomic E-state index is -0.183. The van der Waals surface area contributed by atoms with Crippen molar-refractivity contribution in [3.8, 4) is 0 Å². The zero-order chi connectivity index (χ0) is 17.8. The van der Waals surface area contributed by atoms with Crippen LogP contribution in [0.5, 0.6) is 0 Å². The summed E-state index contributed by atoms with van der Waals surface area (Å²) < 4.78 is 0. The molecule has 0 aliphatic carbocycles. The van der Waals surface area contributed by atoms with Gasteiger partial charge in [0.15, 0.2) is 5.65 Å². The van der Waals surface area contributed by atoms with Crippen LogP contribution in [0.25, 0.3) is 11.0 Å². The summed E-state index contributed by atoms with van der Waals surface area (Å²) in [4.78, 5) is 28.1. The van der Waals surface area contributed by atoms with Crippen molar-refractivity contribution in [1.82, 2.24) is 25.8 Å². The number of fused-ring (bicyclic) bond motifs is 1. The third kappa shape index (κ3) is 3.65. The number of nitrogens with one attached hydrogen (secondary N) is 3. The molecule has 3 rings (SSSR count). The number of aromatic amines is 1. The largest absolute Gasteiger partial charge is 0.355 e. The normalized spacial score (nSPS) is 10.6. The quantitative estimate of drug-likeness (QED) is 0.658. The Labute approximate surface area is 144 Å². The Morgan fingerprint density at radius 1 is 1.16 bits per heavy atom. The summed E-state index contributed by atoms with van der Waals surface area (Å²) in [7, 11) is 1.60. The Hall–Kier alpha value is -3.22. The Balaban J connectivity index is 1.62. The van der Waals surface area contributed by atoms with Crippen LogP contribution in [0.3, 0.4) is 0 Å². The Morgan fingerprint density at radius 2 is 2.00 bits per heavy atom. The predicted octanol–water partition coefficient (Wildman–Crippen LogP) is 1.60. The predicted molar refractivity (Wildman–Crippen MR) is 94.5 cm³/mol. The van der Waals surface area contributed by atoms with Crippen LogP contribution < -0.4 is 10.6 Å². The van der Waals surface area contributed by atoms with E-state index in [-0.39, 0.29) is 11.8 Å². The van der Waals surface area contributed by atoms with Crippen molar-refractivity contribution in [3.05, 3.63) is 58.9 Å². The minimum absolute atomic E-state index is 0.124. The lowest BCUT2D eigenvalue weighted by Gasteiger charge is -2.07. The number of amides is 2. The van der Waals surface area contributed by atoms with E-state index in [1.165, 1.54) is 6.20 Å². The molecule has 0 saturated carbocycles. The third-order valence-electron chi connectivity index (χ3n) is 3.98. The molecule has 128 valence electrons. The summed E-state index contributed by atoms with van der Waals surface area (Å²) in [5.74, 6) is -0.307. The summed E-state index contributed by atoms with van der Waals surface area (Å²) in [6, 6.07) is 9.13. The summed E-state index contributed by atoms with van der Waals surface area (Å²) in [6.07, 6.45) is 2.15. The van der Waals surface area contributed by atoms with Crippen LogP contribution >= 0.6 is 0 Å². The highest BCUT2D eigenvalue weighted by Gasteiger charge is 2.10. The topological polar surface area (TPSA) is 99.8 Å². The fourth-order valence-electron chi connectivity index (χ4n) is 2.58. The maximum absolute atomic E-state index is 12.3. The van der Waals surface area contributed by atoms with Crippen molar-refractivity contribution < 1.29 is 9.59 Å². The molecule has 0 unspecified atom stereocenters. The van der Waals surface area contributed by atoms with Crippen LogP contribution in [0.2, 0.25) is 0 Å². The summed E-state index contributed by atoms with van der Waals surface area (Å²) >= 11 is 0. The fraction of sp³-hybridized carbons (Fsp3) is 0.222. The van der Waals surface area contributed by atoms with Gasteiger partial charge in [0.1, 0.15) is 0 Å². The number of hydrogen-bond acceptors (Lipinski definition) is 4. The van der Waals surface area contributed by atoms with E-state index >= 15 is 0 Å². The molecule has 0 bridgehead atoms. The second-order valence-electron chi connectivity index (χ2n) is 5.73. The SMILES string of the molecule is CNC(=O)c1cccc(CCNC(=O)c2cnc3n[nH]c(C)c3c2)c1. The molecule has 1 aromatic carbocycles. The second-order valence-corrected chi connectivity index (χ2v) is 5.73. The standard InChI is InChI=1S/C18H19N5O2/c1-11-15-9-14(10-21-16(15)23-22-11)18(25)20-7-6-12-4-3-5-13(8-12)17(24)19-2/h3-5,8-10H,6-7H2,1-2H3,(H,19,24)(H,20,25)(H,21,22,23). The minimum Gasteiger partial charge on any atom is -0.355 e. The number of carbonyl (C=O) groups is 2. The van der Waals surface area contributed by atoms with Gasteiger partial charge < -0.3 is 10.6 Å². The molecule has 25 heavy (non-hydrogen) atoms. The van der Waals surface area contributed by atoms with Crippen molar-refractivity contribution in [2.45, 2.75) is 13.3 Å². The van der Waals surface area contributed by atoms with Crippen molar-refractivity contribution in [2.75, 3.05) is 13.6 Å². The number of H-pyrrole nitrogens is 1. The molecule has 0 aliphatic heterocycles. The van der Waals surface area contributed by atoms with E-state index < -0.39 is 0 Å². The molecule has 7 heteroatoms. The summed E-state index contributed by atoms with van der Waals surface area (Å²) in [6.45, 7) is 2.36. The molecule has 2 aromatic heterocycles. The number of pyridine rings is 1. The Morgan fingerprint density at radius 3 is 2.80 bits per heavy atom. The molecule has 0 atom stereocenters. The molecule has 3 N–H and O–H groups in total. The van der Waals surface area contributed by atoms with Gasteiger partial charge in [-0.2, -0.15) is 5.10 Å². The Bertz CT molecular complexity index is 932. The van der Waals surface area contributed by atoms with Gasteiger partial charge in [-0.25, -0.2) is 4.98 Å². The van der Waals surface area contributed by atoms with Gasteiger partial charge in [0, 0.05) is 36.4 Å². The van der Waals surface area contributed by atoms with E-state index in [1.807, 2.05) is 25.1 Å². The molecule has 0 aliphatic rings. The van der Waals surface area contributed by atoms with Crippen molar-refractivity contribution in [1.29, 1.82) is 0 Å². The number of rotatable bonds is 5. The highest BCUT2D eigenvalue weighted by atomic mass is 16.2. The monoisotopic (exact) mass is 337 g/mol. The number of aryl methyl sites for hydroxylation is 1. The fourth-order valence-corrected chi connectivity index (χ4v) is 2.58. The Kier molecular flexibility index (Phi) is 4.74. The lowest BCUT2D eigenvalue weighted by atomic mass is 10.1. The van der Waals surface area contributed by atoms with E-state index in [0.717, 1.165) is 16.6 Å².